The highest BCUT2D eigenvalue weighted by Gasteiger charge is 2.41. The number of halogens is 1. The molecule has 0 aliphatic carbocycles. The van der Waals surface area contributed by atoms with Crippen molar-refractivity contribution in [1.29, 1.82) is 5.26 Å². The summed E-state index contributed by atoms with van der Waals surface area (Å²) < 4.78 is 5.84. The first-order valence-corrected chi connectivity index (χ1v) is 13.0. The van der Waals surface area contributed by atoms with Crippen molar-refractivity contribution >= 4 is 35.0 Å². The second-order valence-electron chi connectivity index (χ2n) is 9.50. The van der Waals surface area contributed by atoms with Crippen LogP contribution in [-0.4, -0.2) is 58.4 Å². The molecule has 2 aromatic heterocycles. The van der Waals surface area contributed by atoms with Gasteiger partial charge in [0.25, 0.3) is 0 Å². The molecule has 3 fully saturated rings. The Kier molecular flexibility index (Phi) is 6.85. The van der Waals surface area contributed by atoms with Gasteiger partial charge in [-0.1, -0.05) is 23.4 Å². The molecule has 1 spiro atoms. The molecule has 0 bridgehead atoms. The van der Waals surface area contributed by atoms with Crippen molar-refractivity contribution in [3.63, 3.8) is 0 Å². The lowest BCUT2D eigenvalue weighted by Gasteiger charge is -2.41. The van der Waals surface area contributed by atoms with Crippen molar-refractivity contribution in [3.8, 4) is 6.07 Å². The molecule has 180 valence electrons. The molecule has 0 aromatic carbocycles. The summed E-state index contributed by atoms with van der Waals surface area (Å²) in [7, 11) is 0. The van der Waals surface area contributed by atoms with E-state index < -0.39 is 0 Å². The first kappa shape index (κ1) is 23.6. The summed E-state index contributed by atoms with van der Waals surface area (Å²) in [5, 5.41) is 20.3. The first-order chi connectivity index (χ1) is 16.5. The highest BCUT2D eigenvalue weighted by molar-refractivity contribution is 7.99. The molecule has 0 saturated carbocycles. The van der Waals surface area contributed by atoms with Crippen LogP contribution in [0, 0.1) is 16.7 Å². The minimum absolute atomic E-state index is 0.165. The molecule has 3 saturated heterocycles. The quantitative estimate of drug-likeness (QED) is 0.629. The third-order valence-corrected chi connectivity index (χ3v) is 8.71. The minimum Gasteiger partial charge on any atom is -0.390 e. The van der Waals surface area contributed by atoms with Crippen LogP contribution in [0.4, 0.5) is 11.6 Å². The van der Waals surface area contributed by atoms with Crippen LogP contribution < -0.4 is 9.80 Å². The summed E-state index contributed by atoms with van der Waals surface area (Å²) in [6, 6.07) is 4.26. The van der Waals surface area contributed by atoms with Crippen molar-refractivity contribution in [2.24, 2.45) is 5.41 Å². The molecule has 8 nitrogen and oxygen atoms in total. The Balaban J connectivity index is 1.30. The normalized spacial score (nSPS) is 23.7. The molecule has 2 atom stereocenters. The standard InChI is InChI=1S/C24H29ClN6O2S/c1-16-12-24(15-33-16)5-10-30(11-6-24)22-18(14-32)29-20(13-28-22)34-19-3-8-27-23(21(19)25)31-9-4-17(31)2-7-26/h3,8,13,16-17,32H,2,4-6,9-12,14-15H2,1H3/t16-,17?/m0/s1. The van der Waals surface area contributed by atoms with Gasteiger partial charge < -0.3 is 19.6 Å². The molecule has 1 unspecified atom stereocenters. The predicted octanol–water partition coefficient (Wildman–Crippen LogP) is 4.06. The molecule has 10 heteroatoms. The van der Waals surface area contributed by atoms with Gasteiger partial charge in [-0.25, -0.2) is 15.0 Å². The molecule has 5 heterocycles. The van der Waals surface area contributed by atoms with Crippen LogP contribution in [0.5, 0.6) is 0 Å². The van der Waals surface area contributed by atoms with Gasteiger partial charge in [0.2, 0.25) is 0 Å². The number of hydrogen-bond acceptors (Lipinski definition) is 9. The largest absolute Gasteiger partial charge is 0.390 e. The Morgan fingerprint density at radius 3 is 2.76 bits per heavy atom. The number of pyridine rings is 1. The van der Waals surface area contributed by atoms with Crippen LogP contribution in [0.25, 0.3) is 0 Å². The van der Waals surface area contributed by atoms with Crippen LogP contribution in [0.1, 0.15) is 44.7 Å². The molecule has 34 heavy (non-hydrogen) atoms. The van der Waals surface area contributed by atoms with Crippen molar-refractivity contribution in [1.82, 2.24) is 15.0 Å². The molecule has 5 rings (SSSR count). The lowest BCUT2D eigenvalue weighted by atomic mass is 9.77. The van der Waals surface area contributed by atoms with Gasteiger partial charge in [-0.2, -0.15) is 5.26 Å². The lowest BCUT2D eigenvalue weighted by Crippen LogP contribution is -2.48. The van der Waals surface area contributed by atoms with Crippen LogP contribution >= 0.6 is 23.4 Å². The van der Waals surface area contributed by atoms with E-state index >= 15 is 0 Å². The SMILES string of the molecule is C[C@H]1CC2(CCN(c3ncc(Sc4ccnc(N5CCC5CC#N)c4Cl)nc3CO)CC2)CO1. The Morgan fingerprint density at radius 2 is 2.12 bits per heavy atom. The smallest absolute Gasteiger partial charge is 0.152 e. The van der Waals surface area contributed by atoms with E-state index in [1.165, 1.54) is 11.8 Å². The van der Waals surface area contributed by atoms with E-state index in [0.717, 1.165) is 62.6 Å². The molecular formula is C24H29ClN6O2S. The van der Waals surface area contributed by atoms with Gasteiger partial charge in [-0.15, -0.1) is 0 Å². The maximum atomic E-state index is 10.0. The monoisotopic (exact) mass is 500 g/mol. The van der Waals surface area contributed by atoms with Crippen LogP contribution in [0.2, 0.25) is 5.02 Å². The summed E-state index contributed by atoms with van der Waals surface area (Å²) in [6.07, 6.45) is 8.52. The van der Waals surface area contributed by atoms with E-state index in [-0.39, 0.29) is 18.1 Å². The Morgan fingerprint density at radius 1 is 1.29 bits per heavy atom. The maximum absolute atomic E-state index is 10.0. The molecule has 1 N–H and O–H groups in total. The molecular weight excluding hydrogens is 472 g/mol. The number of rotatable bonds is 6. The second-order valence-corrected chi connectivity index (χ2v) is 10.9. The van der Waals surface area contributed by atoms with E-state index in [0.29, 0.717) is 34.1 Å². The van der Waals surface area contributed by atoms with Crippen LogP contribution in [0.15, 0.2) is 28.4 Å². The zero-order valence-electron chi connectivity index (χ0n) is 19.3. The van der Waals surface area contributed by atoms with Gasteiger partial charge in [-0.05, 0) is 44.1 Å². The van der Waals surface area contributed by atoms with Gasteiger partial charge in [-0.3, -0.25) is 0 Å². The predicted molar refractivity (Wildman–Crippen MR) is 131 cm³/mol. The van der Waals surface area contributed by atoms with Crippen molar-refractivity contribution in [2.75, 3.05) is 36.0 Å². The van der Waals surface area contributed by atoms with Crippen molar-refractivity contribution in [2.45, 2.75) is 67.7 Å². The van der Waals surface area contributed by atoms with E-state index in [9.17, 15) is 5.11 Å². The number of aliphatic hydroxyl groups is 1. The van der Waals surface area contributed by atoms with E-state index in [2.05, 4.69) is 27.8 Å². The number of aliphatic hydroxyl groups excluding tert-OH is 1. The summed E-state index contributed by atoms with van der Waals surface area (Å²) in [5.74, 6) is 1.47. The van der Waals surface area contributed by atoms with Gasteiger partial charge in [0.15, 0.2) is 5.82 Å². The lowest BCUT2D eigenvalue weighted by molar-refractivity contribution is 0.0975. The molecule has 3 aliphatic rings. The summed E-state index contributed by atoms with van der Waals surface area (Å²) in [6.45, 7) is 5.46. The Labute approximate surface area is 209 Å². The maximum Gasteiger partial charge on any atom is 0.152 e. The summed E-state index contributed by atoms with van der Waals surface area (Å²) in [4.78, 5) is 19.0. The van der Waals surface area contributed by atoms with Crippen LogP contribution in [-0.2, 0) is 11.3 Å². The molecule has 3 aliphatic heterocycles. The molecule has 2 aromatic rings. The fraction of sp³-hybridized carbons (Fsp3) is 0.583. The van der Waals surface area contributed by atoms with Gasteiger partial charge in [0, 0.05) is 36.8 Å². The Bertz CT molecular complexity index is 1090. The summed E-state index contributed by atoms with van der Waals surface area (Å²) >= 11 is 8.12. The third kappa shape index (κ3) is 4.57. The highest BCUT2D eigenvalue weighted by Crippen LogP contribution is 2.43. The zero-order chi connectivity index (χ0) is 23.7. The number of hydrogen-bond donors (Lipinski definition) is 1. The summed E-state index contributed by atoms with van der Waals surface area (Å²) in [5.41, 5.74) is 0.871. The number of piperidine rings is 1. The fourth-order valence-electron chi connectivity index (χ4n) is 5.25. The van der Waals surface area contributed by atoms with Crippen molar-refractivity contribution < 1.29 is 9.84 Å². The average Bonchev–Trinajstić information content (AvgIpc) is 3.19. The number of anilines is 2. The number of nitrogens with zero attached hydrogens (tertiary/aromatic N) is 6. The van der Waals surface area contributed by atoms with E-state index in [1.54, 1.807) is 12.4 Å². The molecule has 0 radical (unpaired) electrons. The minimum atomic E-state index is -0.169. The number of nitriles is 1. The zero-order valence-corrected chi connectivity index (χ0v) is 20.9. The van der Waals surface area contributed by atoms with Gasteiger partial charge in [0.05, 0.1) is 43.0 Å². The number of ether oxygens (including phenoxy) is 1. The average molecular weight is 501 g/mol. The molecule has 0 amide bonds. The second kappa shape index (κ2) is 9.86. The van der Waals surface area contributed by atoms with Gasteiger partial charge in [0.1, 0.15) is 16.5 Å². The van der Waals surface area contributed by atoms with E-state index in [4.69, 9.17) is 31.6 Å². The fourth-order valence-corrected chi connectivity index (χ4v) is 6.39. The van der Waals surface area contributed by atoms with Crippen LogP contribution in [0.3, 0.4) is 0 Å². The first-order valence-electron chi connectivity index (χ1n) is 11.8. The Hall–Kier alpha value is -2.12. The van der Waals surface area contributed by atoms with Crippen molar-refractivity contribution in [3.05, 3.63) is 29.2 Å². The highest BCUT2D eigenvalue weighted by atomic mass is 35.5. The van der Waals surface area contributed by atoms with E-state index in [1.807, 2.05) is 6.07 Å². The number of aromatic nitrogens is 3. The topological polar surface area (TPSA) is 98.4 Å². The van der Waals surface area contributed by atoms with Gasteiger partial charge >= 0.3 is 0 Å². The third-order valence-electron chi connectivity index (χ3n) is 7.26.